The Labute approximate surface area is 121 Å². The van der Waals surface area contributed by atoms with E-state index in [-0.39, 0.29) is 0 Å². The molecule has 19 heavy (non-hydrogen) atoms. The van der Waals surface area contributed by atoms with Crippen LogP contribution in [0.4, 0.5) is 5.82 Å². The summed E-state index contributed by atoms with van der Waals surface area (Å²) in [4.78, 5) is 8.21. The van der Waals surface area contributed by atoms with Crippen molar-refractivity contribution in [1.82, 2.24) is 9.97 Å². The number of ether oxygens (including phenoxy) is 1. The quantitative estimate of drug-likeness (QED) is 0.916. The molecule has 0 radical (unpaired) electrons. The molecule has 5 heteroatoms. The van der Waals surface area contributed by atoms with Gasteiger partial charge in [-0.15, -0.1) is 0 Å². The van der Waals surface area contributed by atoms with Crippen molar-refractivity contribution in [1.29, 1.82) is 0 Å². The number of hydrogen-bond donors (Lipinski definition) is 1. The molecule has 0 saturated carbocycles. The van der Waals surface area contributed by atoms with Gasteiger partial charge in [-0.1, -0.05) is 26.0 Å². The van der Waals surface area contributed by atoms with Crippen LogP contribution in [0.15, 0.2) is 35.1 Å². The molecule has 0 spiro atoms. The van der Waals surface area contributed by atoms with E-state index in [4.69, 9.17) is 4.74 Å². The van der Waals surface area contributed by atoms with Crippen molar-refractivity contribution >= 4 is 21.7 Å². The Morgan fingerprint density at radius 3 is 2.42 bits per heavy atom. The molecule has 0 unspecified atom stereocenters. The van der Waals surface area contributed by atoms with Crippen molar-refractivity contribution in [2.45, 2.75) is 19.8 Å². The van der Waals surface area contributed by atoms with E-state index in [0.29, 0.717) is 22.1 Å². The van der Waals surface area contributed by atoms with Crippen molar-refractivity contribution in [2.75, 3.05) is 12.4 Å². The maximum absolute atomic E-state index is 5.75. The molecule has 1 heterocycles. The maximum atomic E-state index is 5.75. The van der Waals surface area contributed by atoms with Gasteiger partial charge in [0.25, 0.3) is 0 Å². The first-order chi connectivity index (χ1) is 9.11. The number of nitrogens with zero attached hydrogens (tertiary/aromatic N) is 2. The molecule has 4 nitrogen and oxygen atoms in total. The Bertz CT molecular complexity index is 555. The normalized spacial score (nSPS) is 10.6. The highest BCUT2D eigenvalue weighted by molar-refractivity contribution is 9.10. The van der Waals surface area contributed by atoms with Gasteiger partial charge in [-0.2, -0.15) is 0 Å². The van der Waals surface area contributed by atoms with Gasteiger partial charge in [-0.25, -0.2) is 9.97 Å². The Morgan fingerprint density at radius 1 is 1.16 bits per heavy atom. The molecule has 0 aliphatic carbocycles. The van der Waals surface area contributed by atoms with E-state index in [1.165, 1.54) is 11.9 Å². The smallest absolute Gasteiger partial charge is 0.238 e. The summed E-state index contributed by atoms with van der Waals surface area (Å²) in [7, 11) is 1.80. The molecule has 0 saturated heterocycles. The van der Waals surface area contributed by atoms with Gasteiger partial charge in [0.05, 0.1) is 0 Å². The van der Waals surface area contributed by atoms with Gasteiger partial charge in [0, 0.05) is 7.05 Å². The predicted molar refractivity (Wildman–Crippen MR) is 79.9 cm³/mol. The molecule has 0 bridgehead atoms. The molecule has 0 aliphatic rings. The van der Waals surface area contributed by atoms with Crippen molar-refractivity contribution in [3.05, 3.63) is 40.6 Å². The SMILES string of the molecule is CNc1ncnc(Oc2ccc(C(C)C)cc2)c1Br. The van der Waals surface area contributed by atoms with Crippen LogP contribution in [0.1, 0.15) is 25.3 Å². The van der Waals surface area contributed by atoms with Crippen LogP contribution >= 0.6 is 15.9 Å². The lowest BCUT2D eigenvalue weighted by molar-refractivity contribution is 0.458. The summed E-state index contributed by atoms with van der Waals surface area (Å²) in [6.07, 6.45) is 1.47. The summed E-state index contributed by atoms with van der Waals surface area (Å²) < 4.78 is 6.46. The van der Waals surface area contributed by atoms with E-state index >= 15 is 0 Å². The van der Waals surface area contributed by atoms with E-state index in [0.717, 1.165) is 5.75 Å². The fourth-order valence-electron chi connectivity index (χ4n) is 1.63. The molecule has 2 aromatic rings. The second-order valence-corrected chi connectivity index (χ2v) is 5.21. The van der Waals surface area contributed by atoms with Crippen molar-refractivity contribution in [3.63, 3.8) is 0 Å². The first kappa shape index (κ1) is 13.8. The van der Waals surface area contributed by atoms with Crippen molar-refractivity contribution in [2.24, 2.45) is 0 Å². The van der Waals surface area contributed by atoms with Crippen LogP contribution in [0.3, 0.4) is 0 Å². The van der Waals surface area contributed by atoms with Gasteiger partial charge in [0.15, 0.2) is 0 Å². The van der Waals surface area contributed by atoms with Crippen LogP contribution < -0.4 is 10.1 Å². The Kier molecular flexibility index (Phi) is 4.37. The summed E-state index contributed by atoms with van der Waals surface area (Å²) in [5.74, 6) is 2.46. The number of benzene rings is 1. The summed E-state index contributed by atoms with van der Waals surface area (Å²) in [6.45, 7) is 4.33. The average Bonchev–Trinajstić information content (AvgIpc) is 2.42. The second kappa shape index (κ2) is 6.02. The summed E-state index contributed by atoms with van der Waals surface area (Å²) >= 11 is 3.42. The summed E-state index contributed by atoms with van der Waals surface area (Å²) in [5.41, 5.74) is 1.28. The molecule has 1 aromatic heterocycles. The third kappa shape index (κ3) is 3.23. The minimum atomic E-state index is 0.497. The number of halogens is 1. The van der Waals surface area contributed by atoms with Gasteiger partial charge in [0.2, 0.25) is 5.88 Å². The van der Waals surface area contributed by atoms with Gasteiger partial charge in [-0.3, -0.25) is 0 Å². The number of rotatable bonds is 4. The highest BCUT2D eigenvalue weighted by atomic mass is 79.9. The van der Waals surface area contributed by atoms with Gasteiger partial charge >= 0.3 is 0 Å². The Hall–Kier alpha value is -1.62. The molecule has 1 N–H and O–H groups in total. The van der Waals surface area contributed by atoms with E-state index in [1.807, 2.05) is 12.1 Å². The second-order valence-electron chi connectivity index (χ2n) is 4.42. The van der Waals surface area contributed by atoms with Crippen LogP contribution in [-0.4, -0.2) is 17.0 Å². The van der Waals surface area contributed by atoms with Gasteiger partial charge in [-0.05, 0) is 39.5 Å². The van der Waals surface area contributed by atoms with Gasteiger partial charge < -0.3 is 10.1 Å². The lowest BCUT2D eigenvalue weighted by Gasteiger charge is -2.10. The molecule has 0 amide bonds. The zero-order valence-electron chi connectivity index (χ0n) is 11.1. The molecule has 0 atom stereocenters. The Balaban J connectivity index is 2.21. The molecule has 1 aromatic carbocycles. The standard InChI is InChI=1S/C14H16BrN3O/c1-9(2)10-4-6-11(7-5-10)19-14-12(15)13(16-3)17-8-18-14/h4-9H,1-3H3,(H,16,17,18). The highest BCUT2D eigenvalue weighted by Crippen LogP contribution is 2.31. The number of anilines is 1. The monoisotopic (exact) mass is 321 g/mol. The first-order valence-electron chi connectivity index (χ1n) is 6.08. The lowest BCUT2D eigenvalue weighted by atomic mass is 10.0. The van der Waals surface area contributed by atoms with Crippen LogP contribution in [0.25, 0.3) is 0 Å². The predicted octanol–water partition coefficient (Wildman–Crippen LogP) is 4.20. The third-order valence-electron chi connectivity index (χ3n) is 2.76. The number of aromatic nitrogens is 2. The topological polar surface area (TPSA) is 47.0 Å². The molecule has 0 aliphatic heterocycles. The maximum Gasteiger partial charge on any atom is 0.238 e. The molecule has 100 valence electrons. The summed E-state index contributed by atoms with van der Waals surface area (Å²) in [6, 6.07) is 8.02. The van der Waals surface area contributed by atoms with E-state index in [9.17, 15) is 0 Å². The van der Waals surface area contributed by atoms with Gasteiger partial charge in [0.1, 0.15) is 22.4 Å². The third-order valence-corrected chi connectivity index (χ3v) is 3.47. The van der Waals surface area contributed by atoms with Crippen LogP contribution in [0.5, 0.6) is 11.6 Å². The number of nitrogens with one attached hydrogen (secondary N) is 1. The Morgan fingerprint density at radius 2 is 1.84 bits per heavy atom. The molecular formula is C14H16BrN3O. The molecule has 2 rings (SSSR count). The van der Waals surface area contributed by atoms with E-state index < -0.39 is 0 Å². The van der Waals surface area contributed by atoms with Crippen molar-refractivity contribution < 1.29 is 4.74 Å². The first-order valence-corrected chi connectivity index (χ1v) is 6.87. The average molecular weight is 322 g/mol. The molecule has 0 fully saturated rings. The minimum Gasteiger partial charge on any atom is -0.438 e. The van der Waals surface area contributed by atoms with E-state index in [1.54, 1.807) is 7.05 Å². The summed E-state index contributed by atoms with van der Waals surface area (Å²) in [5, 5.41) is 2.97. The fraction of sp³-hybridized carbons (Fsp3) is 0.286. The van der Waals surface area contributed by atoms with E-state index in [2.05, 4.69) is 57.2 Å². The van der Waals surface area contributed by atoms with Crippen LogP contribution in [0.2, 0.25) is 0 Å². The van der Waals surface area contributed by atoms with Crippen LogP contribution in [0, 0.1) is 0 Å². The zero-order valence-corrected chi connectivity index (χ0v) is 12.7. The fourth-order valence-corrected chi connectivity index (χ4v) is 2.12. The largest absolute Gasteiger partial charge is 0.438 e. The molecular weight excluding hydrogens is 306 g/mol. The lowest BCUT2D eigenvalue weighted by Crippen LogP contribution is -1.97. The zero-order chi connectivity index (χ0) is 13.8. The minimum absolute atomic E-state index is 0.497. The number of hydrogen-bond acceptors (Lipinski definition) is 4. The van der Waals surface area contributed by atoms with Crippen LogP contribution in [-0.2, 0) is 0 Å². The van der Waals surface area contributed by atoms with Crippen molar-refractivity contribution in [3.8, 4) is 11.6 Å². The highest BCUT2D eigenvalue weighted by Gasteiger charge is 2.09.